The molecule has 0 saturated heterocycles. The van der Waals surface area contributed by atoms with E-state index in [1.807, 2.05) is 30.3 Å². The van der Waals surface area contributed by atoms with Gasteiger partial charge in [0, 0.05) is 12.5 Å². The van der Waals surface area contributed by atoms with Crippen molar-refractivity contribution in [2.75, 3.05) is 6.61 Å². The van der Waals surface area contributed by atoms with E-state index in [4.69, 9.17) is 9.15 Å². The van der Waals surface area contributed by atoms with E-state index in [1.165, 1.54) is 6.26 Å². The molecule has 2 aromatic rings. The van der Waals surface area contributed by atoms with Crippen molar-refractivity contribution >= 4 is 11.9 Å². The van der Waals surface area contributed by atoms with Crippen LogP contribution in [0.3, 0.4) is 0 Å². The molecule has 1 fully saturated rings. The van der Waals surface area contributed by atoms with Gasteiger partial charge >= 0.3 is 5.97 Å². The Bertz CT molecular complexity index is 677. The maximum Gasteiger partial charge on any atom is 0.329 e. The van der Waals surface area contributed by atoms with Gasteiger partial charge in [-0.3, -0.25) is 4.79 Å². The Morgan fingerprint density at radius 3 is 2.54 bits per heavy atom. The lowest BCUT2D eigenvalue weighted by Crippen LogP contribution is -2.48. The second kappa shape index (κ2) is 7.34. The van der Waals surface area contributed by atoms with Crippen LogP contribution in [0.1, 0.15) is 35.9 Å². The van der Waals surface area contributed by atoms with Crippen LogP contribution in [-0.2, 0) is 16.0 Å². The average Bonchev–Trinajstić information content (AvgIpc) is 3.27. The van der Waals surface area contributed by atoms with E-state index in [0.717, 1.165) is 18.4 Å². The quantitative estimate of drug-likeness (QED) is 0.733. The first-order chi connectivity index (χ1) is 11.7. The van der Waals surface area contributed by atoms with Gasteiger partial charge in [0.1, 0.15) is 6.04 Å². The Morgan fingerprint density at radius 1 is 1.21 bits per heavy atom. The zero-order valence-corrected chi connectivity index (χ0v) is 13.7. The summed E-state index contributed by atoms with van der Waals surface area (Å²) in [4.78, 5) is 27.0. The molecule has 1 atom stereocenters. The number of hydrogen-bond donors (Lipinski definition) is 0. The van der Waals surface area contributed by atoms with E-state index in [2.05, 4.69) is 0 Å². The third kappa shape index (κ3) is 3.67. The molecule has 1 aliphatic carbocycles. The van der Waals surface area contributed by atoms with Crippen LogP contribution in [0.4, 0.5) is 0 Å². The first-order valence-corrected chi connectivity index (χ1v) is 8.27. The number of rotatable bonds is 7. The van der Waals surface area contributed by atoms with Gasteiger partial charge in [-0.05, 0) is 37.5 Å². The lowest BCUT2D eigenvalue weighted by Gasteiger charge is -2.29. The second-order valence-corrected chi connectivity index (χ2v) is 5.88. The van der Waals surface area contributed by atoms with Crippen molar-refractivity contribution in [1.29, 1.82) is 0 Å². The molecule has 0 radical (unpaired) electrons. The summed E-state index contributed by atoms with van der Waals surface area (Å²) in [6.07, 6.45) is 3.70. The molecule has 5 heteroatoms. The molecular weight excluding hydrogens is 306 g/mol. The van der Waals surface area contributed by atoms with Gasteiger partial charge in [0.15, 0.2) is 5.76 Å². The maximum absolute atomic E-state index is 12.9. The first-order valence-electron chi connectivity index (χ1n) is 8.27. The molecule has 0 bridgehead atoms. The van der Waals surface area contributed by atoms with Crippen molar-refractivity contribution in [2.24, 2.45) is 0 Å². The Balaban J connectivity index is 1.88. The molecule has 1 aromatic carbocycles. The summed E-state index contributed by atoms with van der Waals surface area (Å²) in [6.45, 7) is 2.06. The van der Waals surface area contributed by atoms with Crippen molar-refractivity contribution in [3.05, 3.63) is 60.1 Å². The van der Waals surface area contributed by atoms with Crippen LogP contribution in [0.2, 0.25) is 0 Å². The van der Waals surface area contributed by atoms with E-state index < -0.39 is 6.04 Å². The molecule has 3 rings (SSSR count). The number of carbonyl (C=O) groups excluding carboxylic acids is 2. The fourth-order valence-corrected chi connectivity index (χ4v) is 2.81. The summed E-state index contributed by atoms with van der Waals surface area (Å²) >= 11 is 0. The largest absolute Gasteiger partial charge is 0.464 e. The zero-order chi connectivity index (χ0) is 16.9. The van der Waals surface area contributed by atoms with E-state index >= 15 is 0 Å². The van der Waals surface area contributed by atoms with Crippen LogP contribution in [0.5, 0.6) is 0 Å². The predicted octanol–water partition coefficient (Wildman–Crippen LogP) is 3.06. The number of nitrogens with zero attached hydrogens (tertiary/aromatic N) is 1. The SMILES string of the molecule is CCOC(=O)C(Cc1ccccc1)N(C(=O)c1ccco1)C1CC1. The Morgan fingerprint density at radius 2 is 1.96 bits per heavy atom. The maximum atomic E-state index is 12.9. The van der Waals surface area contributed by atoms with Gasteiger partial charge in [0.2, 0.25) is 0 Å². The number of ether oxygens (including phenoxy) is 1. The lowest BCUT2D eigenvalue weighted by molar-refractivity contribution is -0.148. The minimum absolute atomic E-state index is 0.0701. The van der Waals surface area contributed by atoms with E-state index in [-0.39, 0.29) is 30.3 Å². The fourth-order valence-electron chi connectivity index (χ4n) is 2.81. The Labute approximate surface area is 141 Å². The summed E-state index contributed by atoms with van der Waals surface area (Å²) in [7, 11) is 0. The van der Waals surface area contributed by atoms with Crippen molar-refractivity contribution < 1.29 is 18.7 Å². The minimum atomic E-state index is -0.641. The molecule has 1 aliphatic rings. The second-order valence-electron chi connectivity index (χ2n) is 5.88. The van der Waals surface area contributed by atoms with Crippen molar-refractivity contribution in [3.63, 3.8) is 0 Å². The molecular formula is C19H21NO4. The number of esters is 1. The topological polar surface area (TPSA) is 59.8 Å². The summed E-state index contributed by atoms with van der Waals surface area (Å²) < 4.78 is 10.5. The highest BCUT2D eigenvalue weighted by molar-refractivity contribution is 5.95. The van der Waals surface area contributed by atoms with Crippen LogP contribution >= 0.6 is 0 Å². The number of benzene rings is 1. The van der Waals surface area contributed by atoms with Gasteiger partial charge in [0.25, 0.3) is 5.91 Å². The van der Waals surface area contributed by atoms with E-state index in [1.54, 1.807) is 24.0 Å². The van der Waals surface area contributed by atoms with E-state index in [0.29, 0.717) is 6.42 Å². The number of amides is 1. The summed E-state index contributed by atoms with van der Waals surface area (Å²) in [5.41, 5.74) is 0.994. The van der Waals surface area contributed by atoms with Crippen LogP contribution in [0.25, 0.3) is 0 Å². The fraction of sp³-hybridized carbons (Fsp3) is 0.368. The van der Waals surface area contributed by atoms with Gasteiger partial charge in [-0.25, -0.2) is 4.79 Å². The highest BCUT2D eigenvalue weighted by Crippen LogP contribution is 2.31. The normalized spacial score (nSPS) is 14.9. The van der Waals surface area contributed by atoms with Crippen molar-refractivity contribution in [1.82, 2.24) is 4.90 Å². The van der Waals surface area contributed by atoms with Gasteiger partial charge in [-0.15, -0.1) is 0 Å². The molecule has 5 nitrogen and oxygen atoms in total. The van der Waals surface area contributed by atoms with Gasteiger partial charge in [-0.1, -0.05) is 30.3 Å². The predicted molar refractivity (Wildman–Crippen MR) is 88.5 cm³/mol. The monoisotopic (exact) mass is 327 g/mol. The molecule has 1 amide bonds. The average molecular weight is 327 g/mol. The first kappa shape index (κ1) is 16.3. The van der Waals surface area contributed by atoms with Gasteiger partial charge < -0.3 is 14.1 Å². The molecule has 1 aromatic heterocycles. The van der Waals surface area contributed by atoms with Gasteiger partial charge in [-0.2, -0.15) is 0 Å². The standard InChI is InChI=1S/C19H21NO4/c1-2-23-19(22)16(13-14-7-4-3-5-8-14)20(15-10-11-15)18(21)17-9-6-12-24-17/h3-9,12,15-16H,2,10-11,13H2,1H3. The number of carbonyl (C=O) groups is 2. The van der Waals surface area contributed by atoms with E-state index in [9.17, 15) is 9.59 Å². The zero-order valence-electron chi connectivity index (χ0n) is 13.7. The van der Waals surface area contributed by atoms with Crippen LogP contribution in [-0.4, -0.2) is 35.5 Å². The molecule has 126 valence electrons. The molecule has 1 unspecified atom stereocenters. The smallest absolute Gasteiger partial charge is 0.329 e. The highest BCUT2D eigenvalue weighted by Gasteiger charge is 2.42. The Kier molecular flexibility index (Phi) is 4.99. The van der Waals surface area contributed by atoms with Crippen LogP contribution in [0, 0.1) is 0 Å². The lowest BCUT2D eigenvalue weighted by atomic mass is 10.0. The number of hydrogen-bond acceptors (Lipinski definition) is 4. The third-order valence-electron chi connectivity index (χ3n) is 4.07. The minimum Gasteiger partial charge on any atom is -0.464 e. The van der Waals surface area contributed by atoms with Crippen molar-refractivity contribution in [2.45, 2.75) is 38.3 Å². The molecule has 0 aliphatic heterocycles. The molecule has 24 heavy (non-hydrogen) atoms. The molecule has 0 N–H and O–H groups in total. The Hall–Kier alpha value is -2.56. The van der Waals surface area contributed by atoms with Crippen LogP contribution < -0.4 is 0 Å². The molecule has 0 spiro atoms. The van der Waals surface area contributed by atoms with Crippen molar-refractivity contribution in [3.8, 4) is 0 Å². The van der Waals surface area contributed by atoms with Gasteiger partial charge in [0.05, 0.1) is 12.9 Å². The summed E-state index contributed by atoms with van der Waals surface area (Å²) in [5.74, 6) is -0.367. The van der Waals surface area contributed by atoms with Crippen LogP contribution in [0.15, 0.2) is 53.1 Å². The molecule has 1 saturated carbocycles. The summed E-state index contributed by atoms with van der Waals surface area (Å²) in [6, 6.07) is 12.4. The summed E-state index contributed by atoms with van der Waals surface area (Å²) in [5, 5.41) is 0. The molecule has 1 heterocycles. The number of furan rings is 1. The highest BCUT2D eigenvalue weighted by atomic mass is 16.5. The third-order valence-corrected chi connectivity index (χ3v) is 4.07.